The van der Waals surface area contributed by atoms with Gasteiger partial charge in [-0.2, -0.15) is 0 Å². The lowest BCUT2D eigenvalue weighted by atomic mass is 9.89. The number of H-pyrrole nitrogens is 1. The number of rotatable bonds is 12. The predicted octanol–water partition coefficient (Wildman–Crippen LogP) is 4.54. The van der Waals surface area contributed by atoms with Crippen LogP contribution in [0.2, 0.25) is 0 Å². The SMILES string of the molecule is CCCCCCCCOc1cc(C(N)=O)c2[nH]cc(C3CCN(S(=O)(=O)CC)CC3)c2c1. The van der Waals surface area contributed by atoms with Gasteiger partial charge in [0.25, 0.3) is 5.91 Å². The average molecular weight is 464 g/mol. The number of aromatic nitrogens is 1. The Morgan fingerprint density at radius 3 is 2.47 bits per heavy atom. The van der Waals surface area contributed by atoms with Gasteiger partial charge in [0.2, 0.25) is 10.0 Å². The monoisotopic (exact) mass is 463 g/mol. The van der Waals surface area contributed by atoms with Crippen molar-refractivity contribution in [3.63, 3.8) is 0 Å². The Labute approximate surface area is 191 Å². The van der Waals surface area contributed by atoms with E-state index in [1.807, 2.05) is 12.3 Å². The number of piperidine rings is 1. The molecule has 2 heterocycles. The van der Waals surface area contributed by atoms with Crippen LogP contribution in [0.1, 0.15) is 87.1 Å². The van der Waals surface area contributed by atoms with Gasteiger partial charge in [-0.05, 0) is 49.8 Å². The molecule has 1 saturated heterocycles. The first-order chi connectivity index (χ1) is 15.4. The molecule has 2 aromatic rings. The molecular formula is C24H37N3O4S. The van der Waals surface area contributed by atoms with Crippen LogP contribution in [0, 0.1) is 0 Å². The molecule has 0 spiro atoms. The zero-order valence-corrected chi connectivity index (χ0v) is 20.2. The Bertz CT molecular complexity index is 1010. The number of unbranched alkanes of at least 4 members (excludes halogenated alkanes) is 5. The first-order valence-corrected chi connectivity index (χ1v) is 13.5. The smallest absolute Gasteiger partial charge is 0.250 e. The van der Waals surface area contributed by atoms with Crippen LogP contribution < -0.4 is 10.5 Å². The number of amides is 1. The number of hydrogen-bond donors (Lipinski definition) is 2. The number of aromatic amines is 1. The molecule has 7 nitrogen and oxygen atoms in total. The minimum Gasteiger partial charge on any atom is -0.494 e. The molecule has 0 aliphatic carbocycles. The summed E-state index contributed by atoms with van der Waals surface area (Å²) in [6.45, 7) is 5.54. The molecule has 1 fully saturated rings. The summed E-state index contributed by atoms with van der Waals surface area (Å²) in [5, 5.41) is 0.941. The molecule has 0 unspecified atom stereocenters. The molecular weight excluding hydrogens is 426 g/mol. The van der Waals surface area contributed by atoms with Gasteiger partial charge in [-0.1, -0.05) is 39.0 Å². The number of ether oxygens (including phenoxy) is 1. The molecule has 1 aromatic carbocycles. The Morgan fingerprint density at radius 2 is 1.81 bits per heavy atom. The molecule has 3 N–H and O–H groups in total. The number of benzene rings is 1. The van der Waals surface area contributed by atoms with E-state index in [0.29, 0.717) is 31.0 Å². The number of fused-ring (bicyclic) bond motifs is 1. The van der Waals surface area contributed by atoms with Crippen molar-refractivity contribution in [3.05, 3.63) is 29.5 Å². The molecule has 178 valence electrons. The van der Waals surface area contributed by atoms with Gasteiger partial charge in [0.15, 0.2) is 0 Å². The van der Waals surface area contributed by atoms with E-state index in [1.165, 1.54) is 25.7 Å². The maximum Gasteiger partial charge on any atom is 0.250 e. The third-order valence-corrected chi connectivity index (χ3v) is 8.36. The van der Waals surface area contributed by atoms with Crippen molar-refractivity contribution in [2.45, 2.75) is 71.1 Å². The number of sulfonamides is 1. The number of nitrogens with zero attached hydrogens (tertiary/aromatic N) is 1. The summed E-state index contributed by atoms with van der Waals surface area (Å²) in [5.74, 6) is 0.525. The highest BCUT2D eigenvalue weighted by Gasteiger charge is 2.29. The number of nitrogens with one attached hydrogen (secondary N) is 1. The van der Waals surface area contributed by atoms with E-state index >= 15 is 0 Å². The molecule has 1 aliphatic rings. The zero-order chi connectivity index (χ0) is 23.1. The molecule has 32 heavy (non-hydrogen) atoms. The standard InChI is InChI=1S/C24H37N3O4S/c1-3-5-6-7-8-9-14-31-19-15-20-22(17-26-23(20)21(16-19)24(25)28)18-10-12-27(13-11-18)32(29,30)4-2/h15-18,26H,3-14H2,1-2H3,(H2,25,28). The van der Waals surface area contributed by atoms with E-state index in [1.54, 1.807) is 17.3 Å². The van der Waals surface area contributed by atoms with Crippen molar-refractivity contribution >= 4 is 26.8 Å². The summed E-state index contributed by atoms with van der Waals surface area (Å²) in [6.07, 6.45) is 10.6. The fraction of sp³-hybridized carbons (Fsp3) is 0.625. The highest BCUT2D eigenvalue weighted by molar-refractivity contribution is 7.89. The van der Waals surface area contributed by atoms with Gasteiger partial charge in [0.1, 0.15) is 5.75 Å². The van der Waals surface area contributed by atoms with Gasteiger partial charge in [0.05, 0.1) is 23.4 Å². The van der Waals surface area contributed by atoms with Crippen molar-refractivity contribution in [2.24, 2.45) is 5.73 Å². The van der Waals surface area contributed by atoms with E-state index in [9.17, 15) is 13.2 Å². The normalized spacial score (nSPS) is 15.9. The highest BCUT2D eigenvalue weighted by Crippen LogP contribution is 2.36. The van der Waals surface area contributed by atoms with Crippen LogP contribution in [0.25, 0.3) is 10.9 Å². The van der Waals surface area contributed by atoms with Crippen molar-refractivity contribution in [1.82, 2.24) is 9.29 Å². The Morgan fingerprint density at radius 1 is 1.12 bits per heavy atom. The second-order valence-electron chi connectivity index (χ2n) is 8.69. The van der Waals surface area contributed by atoms with Crippen LogP contribution in [-0.4, -0.2) is 49.1 Å². The summed E-state index contributed by atoms with van der Waals surface area (Å²) < 4.78 is 31.9. The lowest BCUT2D eigenvalue weighted by Crippen LogP contribution is -2.38. The number of hydrogen-bond acceptors (Lipinski definition) is 4. The lowest BCUT2D eigenvalue weighted by molar-refractivity contribution is 0.100. The molecule has 0 bridgehead atoms. The van der Waals surface area contributed by atoms with Crippen molar-refractivity contribution < 1.29 is 17.9 Å². The summed E-state index contributed by atoms with van der Waals surface area (Å²) in [7, 11) is -3.16. The number of nitrogens with two attached hydrogens (primary N) is 1. The van der Waals surface area contributed by atoms with Crippen LogP contribution >= 0.6 is 0 Å². The van der Waals surface area contributed by atoms with E-state index in [-0.39, 0.29) is 11.7 Å². The van der Waals surface area contributed by atoms with Crippen LogP contribution in [0.15, 0.2) is 18.3 Å². The highest BCUT2D eigenvalue weighted by atomic mass is 32.2. The van der Waals surface area contributed by atoms with E-state index in [0.717, 1.165) is 42.1 Å². The lowest BCUT2D eigenvalue weighted by Gasteiger charge is -2.30. The molecule has 1 amide bonds. The summed E-state index contributed by atoms with van der Waals surface area (Å²) in [5.41, 5.74) is 7.90. The van der Waals surface area contributed by atoms with E-state index in [2.05, 4.69) is 11.9 Å². The van der Waals surface area contributed by atoms with Crippen LogP contribution in [0.4, 0.5) is 0 Å². The number of carbonyl (C=O) groups excluding carboxylic acids is 1. The first-order valence-electron chi connectivity index (χ1n) is 11.9. The minimum atomic E-state index is -3.16. The quantitative estimate of drug-likeness (QED) is 0.451. The van der Waals surface area contributed by atoms with Crippen LogP contribution in [0.5, 0.6) is 5.75 Å². The van der Waals surface area contributed by atoms with Gasteiger partial charge >= 0.3 is 0 Å². The van der Waals surface area contributed by atoms with E-state index < -0.39 is 15.9 Å². The van der Waals surface area contributed by atoms with Crippen LogP contribution in [-0.2, 0) is 10.0 Å². The molecule has 0 atom stereocenters. The Kier molecular flexibility index (Phi) is 8.59. The summed E-state index contributed by atoms with van der Waals surface area (Å²) in [6, 6.07) is 3.71. The van der Waals surface area contributed by atoms with Gasteiger partial charge in [0, 0.05) is 24.7 Å². The van der Waals surface area contributed by atoms with Gasteiger partial charge in [-0.25, -0.2) is 12.7 Å². The molecule has 0 saturated carbocycles. The van der Waals surface area contributed by atoms with Crippen molar-refractivity contribution in [2.75, 3.05) is 25.4 Å². The number of primary amides is 1. The summed E-state index contributed by atoms with van der Waals surface area (Å²) in [4.78, 5) is 15.3. The fourth-order valence-electron chi connectivity index (χ4n) is 4.54. The molecule has 0 radical (unpaired) electrons. The van der Waals surface area contributed by atoms with Crippen LogP contribution in [0.3, 0.4) is 0 Å². The second kappa shape index (κ2) is 11.2. The van der Waals surface area contributed by atoms with Gasteiger partial charge in [-0.3, -0.25) is 4.79 Å². The minimum absolute atomic E-state index is 0.131. The van der Waals surface area contributed by atoms with Gasteiger partial charge in [-0.15, -0.1) is 0 Å². The van der Waals surface area contributed by atoms with Crippen molar-refractivity contribution in [1.29, 1.82) is 0 Å². The van der Waals surface area contributed by atoms with Gasteiger partial charge < -0.3 is 15.5 Å². The zero-order valence-electron chi connectivity index (χ0n) is 19.4. The molecule has 8 heteroatoms. The first kappa shape index (κ1) is 24.6. The maximum absolute atomic E-state index is 12.2. The average Bonchev–Trinajstić information content (AvgIpc) is 3.21. The molecule has 1 aromatic heterocycles. The third-order valence-electron chi connectivity index (χ3n) is 6.48. The Balaban J connectivity index is 1.72. The number of carbonyl (C=O) groups is 1. The fourth-order valence-corrected chi connectivity index (χ4v) is 5.67. The maximum atomic E-state index is 12.2. The van der Waals surface area contributed by atoms with Crippen molar-refractivity contribution in [3.8, 4) is 5.75 Å². The largest absolute Gasteiger partial charge is 0.494 e. The van der Waals surface area contributed by atoms with E-state index in [4.69, 9.17) is 10.5 Å². The molecule has 3 rings (SSSR count). The third kappa shape index (κ3) is 5.84. The Hall–Kier alpha value is -2.06. The molecule has 1 aliphatic heterocycles. The second-order valence-corrected chi connectivity index (χ2v) is 10.9. The predicted molar refractivity (Wildman–Crippen MR) is 129 cm³/mol. The topological polar surface area (TPSA) is 105 Å². The summed E-state index contributed by atoms with van der Waals surface area (Å²) >= 11 is 0.